The van der Waals surface area contributed by atoms with Crippen LogP contribution in [0.4, 0.5) is 0 Å². The summed E-state index contributed by atoms with van der Waals surface area (Å²) in [7, 11) is -9.94. The average molecular weight is 1400 g/mol. The normalized spacial score (nSPS) is 14.2. The third-order valence-electron chi connectivity index (χ3n) is 16.8. The zero-order chi connectivity index (χ0) is 70.4. The van der Waals surface area contributed by atoms with E-state index in [1.54, 1.807) is 0 Å². The largest absolute Gasteiger partial charge is 0.472 e. The highest BCUT2D eigenvalue weighted by Crippen LogP contribution is 2.45. The molecule has 0 fully saturated rings. The van der Waals surface area contributed by atoms with Crippen molar-refractivity contribution < 1.29 is 80.2 Å². The Balaban J connectivity index is 5.33. The number of hydrogen-bond acceptors (Lipinski definition) is 15. The molecule has 562 valence electrons. The second kappa shape index (κ2) is 70.5. The second-order valence-corrected chi connectivity index (χ2v) is 29.2. The minimum Gasteiger partial charge on any atom is -0.462 e. The SMILES string of the molecule is CCCCCC/C=C\C=C/CCCCCCCC(=O)O[C@H](COC(=O)CCCCCCC/C=C\CCCCCCCC)COP(=O)(O)OC[C@@H](O)COP(=O)(O)OC[C@@H](COC(=O)CCCCCCCCCCCCCCC)OC(=O)CCCCCCC/C=C\CCCCCC. The van der Waals surface area contributed by atoms with Crippen LogP contribution in [0.15, 0.2) is 48.6 Å². The number of carbonyl (C=O) groups is 4. The van der Waals surface area contributed by atoms with E-state index in [2.05, 4.69) is 76.3 Å². The van der Waals surface area contributed by atoms with Gasteiger partial charge in [0.25, 0.3) is 0 Å². The highest BCUT2D eigenvalue weighted by Gasteiger charge is 2.30. The van der Waals surface area contributed by atoms with Crippen LogP contribution >= 0.6 is 15.6 Å². The number of phosphoric ester groups is 2. The molecule has 17 nitrogen and oxygen atoms in total. The van der Waals surface area contributed by atoms with Crippen molar-refractivity contribution in [1.82, 2.24) is 0 Å². The van der Waals surface area contributed by atoms with Crippen molar-refractivity contribution in [3.05, 3.63) is 48.6 Å². The van der Waals surface area contributed by atoms with Crippen molar-refractivity contribution in [3.8, 4) is 0 Å². The van der Waals surface area contributed by atoms with Gasteiger partial charge < -0.3 is 33.8 Å². The molecule has 0 spiro atoms. The number of carbonyl (C=O) groups excluding carboxylic acids is 4. The zero-order valence-corrected chi connectivity index (χ0v) is 63.1. The first-order valence-corrected chi connectivity index (χ1v) is 41.9. The monoisotopic (exact) mass is 1400 g/mol. The summed E-state index contributed by atoms with van der Waals surface area (Å²) < 4.78 is 68.5. The minimum atomic E-state index is -4.97. The van der Waals surface area contributed by atoms with Gasteiger partial charge >= 0.3 is 39.5 Å². The Morgan fingerprint density at radius 2 is 0.510 bits per heavy atom. The van der Waals surface area contributed by atoms with Crippen LogP contribution in [-0.4, -0.2) is 96.7 Å². The van der Waals surface area contributed by atoms with E-state index in [0.717, 1.165) is 135 Å². The molecule has 0 aliphatic rings. The number of rotatable bonds is 74. The molecular weight excluding hydrogens is 1260 g/mol. The van der Waals surface area contributed by atoms with E-state index in [9.17, 15) is 43.2 Å². The van der Waals surface area contributed by atoms with Gasteiger partial charge in [0, 0.05) is 25.7 Å². The van der Waals surface area contributed by atoms with Gasteiger partial charge in [0.15, 0.2) is 12.2 Å². The van der Waals surface area contributed by atoms with Gasteiger partial charge in [0.2, 0.25) is 0 Å². The highest BCUT2D eigenvalue weighted by atomic mass is 31.2. The number of unbranched alkanes of at least 4 members (excludes halogenated alkanes) is 41. The molecule has 0 aliphatic carbocycles. The van der Waals surface area contributed by atoms with E-state index in [1.165, 1.54) is 148 Å². The van der Waals surface area contributed by atoms with Gasteiger partial charge in [-0.05, 0) is 103 Å². The molecule has 0 heterocycles. The summed E-state index contributed by atoms with van der Waals surface area (Å²) in [5.41, 5.74) is 0. The number of phosphoric acid groups is 2. The van der Waals surface area contributed by atoms with E-state index in [4.69, 9.17) is 37.0 Å². The lowest BCUT2D eigenvalue weighted by Gasteiger charge is -2.21. The smallest absolute Gasteiger partial charge is 0.462 e. The lowest BCUT2D eigenvalue weighted by atomic mass is 10.0. The first kappa shape index (κ1) is 93.0. The highest BCUT2D eigenvalue weighted by molar-refractivity contribution is 7.47. The molecule has 0 saturated carbocycles. The number of aliphatic hydroxyl groups excluding tert-OH is 1. The van der Waals surface area contributed by atoms with Crippen LogP contribution in [0.5, 0.6) is 0 Å². The predicted molar refractivity (Wildman–Crippen MR) is 390 cm³/mol. The van der Waals surface area contributed by atoms with Crippen LogP contribution in [0.1, 0.15) is 362 Å². The first-order chi connectivity index (χ1) is 46.7. The van der Waals surface area contributed by atoms with Crippen LogP contribution in [-0.2, 0) is 65.4 Å². The van der Waals surface area contributed by atoms with E-state index in [1.807, 2.05) is 0 Å². The number of hydrogen-bond donors (Lipinski definition) is 3. The summed E-state index contributed by atoms with van der Waals surface area (Å²) in [6, 6.07) is 0. The average Bonchev–Trinajstić information content (AvgIpc) is 1.43. The maximum atomic E-state index is 13.1. The minimum absolute atomic E-state index is 0.0805. The molecule has 0 rings (SSSR count). The van der Waals surface area contributed by atoms with Crippen LogP contribution in [0, 0.1) is 0 Å². The molecule has 96 heavy (non-hydrogen) atoms. The lowest BCUT2D eigenvalue weighted by molar-refractivity contribution is -0.161. The standard InChI is InChI=1S/C77H142O17P2/c1-5-9-13-17-21-25-29-33-35-39-42-46-50-54-58-62-75(80)88-68-73(94-77(82)64-60-56-52-48-44-40-36-34-30-26-22-18-14-10-6-2)70-92-96(85,86)90-66-71(78)65-89-95(83,84)91-69-72(93-76(81)63-59-55-51-47-43-38-32-28-24-20-16-12-8-4)67-87-74(79)61-57-53-49-45-41-37-31-27-23-19-15-11-7-3/h26,28,30,32-36,71-73,78H,5-25,27,29,31,37-70H2,1-4H3,(H,83,84)(H,85,86)/b30-26-,32-28-,35-33-,36-34-/t71-,72+,73+/m0/s1. The van der Waals surface area contributed by atoms with E-state index < -0.39 is 97.5 Å². The van der Waals surface area contributed by atoms with Crippen molar-refractivity contribution in [2.24, 2.45) is 0 Å². The fourth-order valence-corrected chi connectivity index (χ4v) is 12.4. The zero-order valence-electron chi connectivity index (χ0n) is 61.3. The summed E-state index contributed by atoms with van der Waals surface area (Å²) >= 11 is 0. The number of aliphatic hydroxyl groups is 1. The molecule has 3 N–H and O–H groups in total. The van der Waals surface area contributed by atoms with Crippen molar-refractivity contribution in [1.29, 1.82) is 0 Å². The summed E-state index contributed by atoms with van der Waals surface area (Å²) in [4.78, 5) is 72.8. The Labute approximate surface area is 585 Å². The maximum absolute atomic E-state index is 13.1. The summed E-state index contributed by atoms with van der Waals surface area (Å²) in [5, 5.41) is 10.6. The number of esters is 4. The second-order valence-electron chi connectivity index (χ2n) is 26.3. The Hall–Kier alpha value is -2.98. The van der Waals surface area contributed by atoms with Gasteiger partial charge in [-0.1, -0.05) is 282 Å². The lowest BCUT2D eigenvalue weighted by Crippen LogP contribution is -2.30. The predicted octanol–water partition coefficient (Wildman–Crippen LogP) is 22.1. The summed E-state index contributed by atoms with van der Waals surface area (Å²) in [5.74, 6) is -2.18. The van der Waals surface area contributed by atoms with Crippen LogP contribution in [0.3, 0.4) is 0 Å². The van der Waals surface area contributed by atoms with Gasteiger partial charge in [-0.3, -0.25) is 37.3 Å². The van der Waals surface area contributed by atoms with Crippen LogP contribution in [0.25, 0.3) is 0 Å². The Bertz CT molecular complexity index is 2010. The van der Waals surface area contributed by atoms with Crippen molar-refractivity contribution >= 4 is 39.5 Å². The van der Waals surface area contributed by atoms with Crippen molar-refractivity contribution in [2.45, 2.75) is 380 Å². The summed E-state index contributed by atoms with van der Waals surface area (Å²) in [6.07, 6.45) is 66.6. The van der Waals surface area contributed by atoms with Crippen LogP contribution < -0.4 is 0 Å². The molecule has 0 bridgehead atoms. The van der Waals surface area contributed by atoms with Crippen molar-refractivity contribution in [2.75, 3.05) is 39.6 Å². The number of allylic oxidation sites excluding steroid dienone is 8. The van der Waals surface area contributed by atoms with E-state index >= 15 is 0 Å². The number of ether oxygens (including phenoxy) is 4. The van der Waals surface area contributed by atoms with Gasteiger partial charge in [0.05, 0.1) is 26.4 Å². The molecule has 0 amide bonds. The third-order valence-corrected chi connectivity index (χ3v) is 18.7. The van der Waals surface area contributed by atoms with E-state index in [-0.39, 0.29) is 25.7 Å². The molecule has 0 aromatic rings. The van der Waals surface area contributed by atoms with Crippen LogP contribution in [0.2, 0.25) is 0 Å². The molecular formula is C77H142O17P2. The third kappa shape index (κ3) is 69.5. The topological polar surface area (TPSA) is 237 Å². The van der Waals surface area contributed by atoms with Crippen molar-refractivity contribution in [3.63, 3.8) is 0 Å². The van der Waals surface area contributed by atoms with Gasteiger partial charge in [-0.2, -0.15) is 0 Å². The molecule has 0 radical (unpaired) electrons. The Kier molecular flexibility index (Phi) is 68.3. The maximum Gasteiger partial charge on any atom is 0.472 e. The van der Waals surface area contributed by atoms with Gasteiger partial charge in [-0.25, -0.2) is 9.13 Å². The first-order valence-electron chi connectivity index (χ1n) is 38.9. The molecule has 2 unspecified atom stereocenters. The fraction of sp³-hybridized carbons (Fsp3) is 0.844. The summed E-state index contributed by atoms with van der Waals surface area (Å²) in [6.45, 7) is 4.86. The Morgan fingerprint density at radius 3 is 0.792 bits per heavy atom. The molecule has 0 aliphatic heterocycles. The molecule has 0 aromatic heterocycles. The molecule has 19 heteroatoms. The van der Waals surface area contributed by atoms with Gasteiger partial charge in [0.1, 0.15) is 19.3 Å². The molecule has 0 saturated heterocycles. The fourth-order valence-electron chi connectivity index (χ4n) is 10.8. The van der Waals surface area contributed by atoms with E-state index in [0.29, 0.717) is 25.7 Å². The molecule has 0 aromatic carbocycles. The molecule has 5 atom stereocenters. The quantitative estimate of drug-likeness (QED) is 0.0128. The van der Waals surface area contributed by atoms with Gasteiger partial charge in [-0.15, -0.1) is 0 Å². The Morgan fingerprint density at radius 1 is 0.292 bits per heavy atom.